The standard InChI is InChI=1S/C14H13BrF2N2/c1-8-4-5-19-13(6-8)12(18)7-9-11(16)3-2-10(15)14(9)17/h2-6,12H,7,18H2,1H3. The zero-order valence-electron chi connectivity index (χ0n) is 10.3. The fraction of sp³-hybridized carbons (Fsp3) is 0.214. The molecule has 1 aromatic carbocycles. The molecule has 1 heterocycles. The van der Waals surface area contributed by atoms with E-state index >= 15 is 0 Å². The number of rotatable bonds is 3. The van der Waals surface area contributed by atoms with E-state index in [1.54, 1.807) is 6.20 Å². The third kappa shape index (κ3) is 3.16. The van der Waals surface area contributed by atoms with Crippen LogP contribution in [0.15, 0.2) is 34.9 Å². The third-order valence-electron chi connectivity index (χ3n) is 2.88. The summed E-state index contributed by atoms with van der Waals surface area (Å²) in [6, 6.07) is 5.68. The molecule has 0 aliphatic rings. The molecule has 1 unspecified atom stereocenters. The predicted octanol–water partition coefficient (Wildman–Crippen LogP) is 3.67. The van der Waals surface area contributed by atoms with Crippen LogP contribution in [-0.4, -0.2) is 4.98 Å². The second-order valence-electron chi connectivity index (χ2n) is 4.39. The Morgan fingerprint density at radius 3 is 2.74 bits per heavy atom. The molecule has 0 aliphatic carbocycles. The molecule has 0 fully saturated rings. The Bertz CT molecular complexity index is 602. The maximum atomic E-state index is 13.9. The predicted molar refractivity (Wildman–Crippen MR) is 73.7 cm³/mol. The molecule has 0 saturated heterocycles. The van der Waals surface area contributed by atoms with E-state index in [4.69, 9.17) is 5.73 Å². The molecule has 2 nitrogen and oxygen atoms in total. The van der Waals surface area contributed by atoms with Crippen molar-refractivity contribution in [2.45, 2.75) is 19.4 Å². The van der Waals surface area contributed by atoms with Crippen LogP contribution in [0.5, 0.6) is 0 Å². The lowest BCUT2D eigenvalue weighted by Crippen LogP contribution is -2.16. The Morgan fingerprint density at radius 1 is 1.32 bits per heavy atom. The van der Waals surface area contributed by atoms with E-state index in [1.807, 2.05) is 19.1 Å². The number of aromatic nitrogens is 1. The Kier molecular flexibility index (Phi) is 4.27. The van der Waals surface area contributed by atoms with Crippen molar-refractivity contribution in [3.05, 3.63) is 63.4 Å². The van der Waals surface area contributed by atoms with Gasteiger partial charge in [-0.1, -0.05) is 0 Å². The first-order valence-corrected chi connectivity index (χ1v) is 6.59. The summed E-state index contributed by atoms with van der Waals surface area (Å²) in [5.74, 6) is -1.20. The highest BCUT2D eigenvalue weighted by Crippen LogP contribution is 2.25. The summed E-state index contributed by atoms with van der Waals surface area (Å²) in [5, 5.41) is 0. The summed E-state index contributed by atoms with van der Waals surface area (Å²) < 4.78 is 27.7. The van der Waals surface area contributed by atoms with Crippen LogP contribution in [0.3, 0.4) is 0 Å². The van der Waals surface area contributed by atoms with Gasteiger partial charge in [0, 0.05) is 11.8 Å². The summed E-state index contributed by atoms with van der Waals surface area (Å²) in [5.41, 5.74) is 7.58. The van der Waals surface area contributed by atoms with Gasteiger partial charge in [0.25, 0.3) is 0 Å². The number of hydrogen-bond acceptors (Lipinski definition) is 2. The van der Waals surface area contributed by atoms with Crippen molar-refractivity contribution in [3.63, 3.8) is 0 Å². The first kappa shape index (κ1) is 14.1. The molecule has 2 N–H and O–H groups in total. The molecule has 2 rings (SSSR count). The van der Waals surface area contributed by atoms with Gasteiger partial charge in [0.05, 0.1) is 16.2 Å². The lowest BCUT2D eigenvalue weighted by atomic mass is 10.0. The SMILES string of the molecule is Cc1ccnc(C(N)Cc2c(F)ccc(Br)c2F)c1. The van der Waals surface area contributed by atoms with Crippen LogP contribution in [0.2, 0.25) is 0 Å². The summed E-state index contributed by atoms with van der Waals surface area (Å²) >= 11 is 3.04. The van der Waals surface area contributed by atoms with Gasteiger partial charge in [-0.2, -0.15) is 0 Å². The molecule has 1 aromatic heterocycles. The van der Waals surface area contributed by atoms with Crippen molar-refractivity contribution >= 4 is 15.9 Å². The average molecular weight is 327 g/mol. The molecule has 19 heavy (non-hydrogen) atoms. The van der Waals surface area contributed by atoms with Crippen molar-refractivity contribution in [2.75, 3.05) is 0 Å². The number of benzene rings is 1. The van der Waals surface area contributed by atoms with Crippen LogP contribution in [0, 0.1) is 18.6 Å². The van der Waals surface area contributed by atoms with Crippen LogP contribution in [0.4, 0.5) is 8.78 Å². The fourth-order valence-corrected chi connectivity index (χ4v) is 2.21. The van der Waals surface area contributed by atoms with E-state index < -0.39 is 17.7 Å². The van der Waals surface area contributed by atoms with Gasteiger partial charge in [-0.15, -0.1) is 0 Å². The van der Waals surface area contributed by atoms with E-state index in [1.165, 1.54) is 12.1 Å². The Hall–Kier alpha value is -1.33. The quantitative estimate of drug-likeness (QED) is 0.874. The molecule has 0 aliphatic heterocycles. The largest absolute Gasteiger partial charge is 0.322 e. The van der Waals surface area contributed by atoms with Gasteiger partial charge in [0.2, 0.25) is 0 Å². The third-order valence-corrected chi connectivity index (χ3v) is 3.49. The zero-order chi connectivity index (χ0) is 14.0. The van der Waals surface area contributed by atoms with Crippen molar-refractivity contribution in [3.8, 4) is 0 Å². The second-order valence-corrected chi connectivity index (χ2v) is 5.24. The Morgan fingerprint density at radius 2 is 2.05 bits per heavy atom. The van der Waals surface area contributed by atoms with Crippen molar-refractivity contribution in [1.82, 2.24) is 4.98 Å². The van der Waals surface area contributed by atoms with Gasteiger partial charge in [-0.25, -0.2) is 8.78 Å². The lowest BCUT2D eigenvalue weighted by molar-refractivity contribution is 0.533. The normalized spacial score (nSPS) is 12.5. The topological polar surface area (TPSA) is 38.9 Å². The number of halogens is 3. The van der Waals surface area contributed by atoms with Crippen molar-refractivity contribution in [1.29, 1.82) is 0 Å². The molecule has 0 spiro atoms. The number of hydrogen-bond donors (Lipinski definition) is 1. The highest BCUT2D eigenvalue weighted by atomic mass is 79.9. The molecule has 0 bridgehead atoms. The molecule has 1 atom stereocenters. The van der Waals surface area contributed by atoms with Crippen LogP contribution >= 0.6 is 15.9 Å². The number of nitrogens with two attached hydrogens (primary N) is 1. The van der Waals surface area contributed by atoms with Gasteiger partial charge in [0.15, 0.2) is 0 Å². The van der Waals surface area contributed by atoms with E-state index in [0.717, 1.165) is 5.56 Å². The fourth-order valence-electron chi connectivity index (χ4n) is 1.84. The maximum absolute atomic E-state index is 13.9. The van der Waals surface area contributed by atoms with Gasteiger partial charge >= 0.3 is 0 Å². The highest BCUT2D eigenvalue weighted by molar-refractivity contribution is 9.10. The summed E-state index contributed by atoms with van der Waals surface area (Å²) in [6.45, 7) is 1.91. The van der Waals surface area contributed by atoms with Crippen molar-refractivity contribution in [2.24, 2.45) is 5.73 Å². The summed E-state index contributed by atoms with van der Waals surface area (Å²) in [4.78, 5) is 4.14. The second kappa shape index (κ2) is 5.75. The molecule has 0 radical (unpaired) electrons. The number of pyridine rings is 1. The minimum atomic E-state index is -0.608. The molecule has 2 aromatic rings. The number of nitrogens with zero attached hydrogens (tertiary/aromatic N) is 1. The first-order chi connectivity index (χ1) is 8.99. The van der Waals surface area contributed by atoms with Crippen LogP contribution < -0.4 is 5.73 Å². The monoisotopic (exact) mass is 326 g/mol. The highest BCUT2D eigenvalue weighted by Gasteiger charge is 2.17. The first-order valence-electron chi connectivity index (χ1n) is 5.79. The van der Waals surface area contributed by atoms with Gasteiger partial charge in [0.1, 0.15) is 11.6 Å². The van der Waals surface area contributed by atoms with E-state index in [0.29, 0.717) is 5.69 Å². The lowest BCUT2D eigenvalue weighted by Gasteiger charge is -2.13. The van der Waals surface area contributed by atoms with Gasteiger partial charge in [-0.05, 0) is 59.1 Å². The van der Waals surface area contributed by atoms with Gasteiger partial charge < -0.3 is 5.73 Å². The van der Waals surface area contributed by atoms with Crippen LogP contribution in [0.25, 0.3) is 0 Å². The smallest absolute Gasteiger partial charge is 0.143 e. The van der Waals surface area contributed by atoms with Gasteiger partial charge in [-0.3, -0.25) is 4.98 Å². The van der Waals surface area contributed by atoms with Crippen LogP contribution in [-0.2, 0) is 6.42 Å². The van der Waals surface area contributed by atoms with Crippen LogP contribution in [0.1, 0.15) is 22.9 Å². The minimum absolute atomic E-state index is 0.0230. The number of aryl methyl sites for hydroxylation is 1. The summed E-state index contributed by atoms with van der Waals surface area (Å²) in [7, 11) is 0. The molecule has 5 heteroatoms. The van der Waals surface area contributed by atoms with Crippen molar-refractivity contribution < 1.29 is 8.78 Å². The maximum Gasteiger partial charge on any atom is 0.143 e. The molecular formula is C14H13BrF2N2. The Balaban J connectivity index is 2.29. The molecular weight excluding hydrogens is 314 g/mol. The molecule has 0 amide bonds. The van der Waals surface area contributed by atoms with E-state index in [-0.39, 0.29) is 16.5 Å². The van der Waals surface area contributed by atoms with E-state index in [2.05, 4.69) is 20.9 Å². The molecule has 0 saturated carbocycles. The summed E-state index contributed by atoms with van der Waals surface area (Å²) in [6.07, 6.45) is 1.70. The average Bonchev–Trinajstić information content (AvgIpc) is 2.39. The Labute approximate surface area is 118 Å². The van der Waals surface area contributed by atoms with E-state index in [9.17, 15) is 8.78 Å². The zero-order valence-corrected chi connectivity index (χ0v) is 11.9. The minimum Gasteiger partial charge on any atom is -0.322 e. The molecule has 100 valence electrons.